The van der Waals surface area contributed by atoms with Crippen LogP contribution in [-0.4, -0.2) is 48.1 Å². The van der Waals surface area contributed by atoms with Gasteiger partial charge in [-0.3, -0.25) is 9.59 Å². The minimum Gasteiger partial charge on any atom is -0.496 e. The number of hydrazine groups is 1. The highest BCUT2D eigenvalue weighted by Gasteiger charge is 2.63. The summed E-state index contributed by atoms with van der Waals surface area (Å²) in [5.74, 6) is -0.398. The lowest BCUT2D eigenvalue weighted by Crippen LogP contribution is -2.44. The van der Waals surface area contributed by atoms with Gasteiger partial charge in [0.15, 0.2) is 0 Å². The second-order valence-electron chi connectivity index (χ2n) is 7.42. The lowest BCUT2D eigenvalue weighted by atomic mass is 9.89. The number of anilines is 1. The van der Waals surface area contributed by atoms with E-state index in [2.05, 4.69) is 5.01 Å². The van der Waals surface area contributed by atoms with Gasteiger partial charge in [0, 0.05) is 18.7 Å². The summed E-state index contributed by atoms with van der Waals surface area (Å²) in [6.07, 6.45) is 0.934. The first-order valence-electron chi connectivity index (χ1n) is 9.52. The van der Waals surface area contributed by atoms with Crippen LogP contribution in [0, 0.1) is 5.92 Å². The summed E-state index contributed by atoms with van der Waals surface area (Å²) in [7, 11) is 1.62. The second-order valence-corrected chi connectivity index (χ2v) is 8.23. The third-order valence-electron chi connectivity index (χ3n) is 6.02. The van der Waals surface area contributed by atoms with Crippen molar-refractivity contribution < 1.29 is 14.3 Å². The average Bonchev–Trinajstić information content (AvgIpc) is 3.36. The maximum absolute atomic E-state index is 13.6. The Morgan fingerprint density at radius 2 is 1.55 bits per heavy atom. The standard InChI is InChI=1S/C21H19Cl2N3O3/c1-29-15-9-3-2-6-12(15)17-16-19(25-11-5-10-24(17)25)21(28)26(20(16)27)18-13(22)7-4-8-14(18)23/h2-4,6-9,16-17,19H,5,10-11H2,1H3/t16-,17+,19-/m0/s1. The van der Waals surface area contributed by atoms with Gasteiger partial charge >= 0.3 is 0 Å². The number of imide groups is 1. The molecule has 0 saturated carbocycles. The van der Waals surface area contributed by atoms with Gasteiger partial charge in [0.05, 0.1) is 34.8 Å². The van der Waals surface area contributed by atoms with Crippen molar-refractivity contribution in [3.05, 3.63) is 58.1 Å². The number of nitrogens with zero attached hydrogens (tertiary/aromatic N) is 3. The van der Waals surface area contributed by atoms with Crippen molar-refractivity contribution in [2.45, 2.75) is 18.5 Å². The van der Waals surface area contributed by atoms with Crippen LogP contribution >= 0.6 is 23.2 Å². The third kappa shape index (κ3) is 2.63. The summed E-state index contributed by atoms with van der Waals surface area (Å²) in [6, 6.07) is 11.8. The number of methoxy groups -OCH3 is 1. The van der Waals surface area contributed by atoms with E-state index < -0.39 is 12.0 Å². The number of para-hydroxylation sites is 2. The zero-order valence-corrected chi connectivity index (χ0v) is 17.2. The van der Waals surface area contributed by atoms with Crippen LogP contribution in [0.4, 0.5) is 5.69 Å². The van der Waals surface area contributed by atoms with Gasteiger partial charge in [0.2, 0.25) is 5.91 Å². The van der Waals surface area contributed by atoms with Gasteiger partial charge in [0.1, 0.15) is 11.8 Å². The number of rotatable bonds is 3. The molecule has 0 spiro atoms. The molecule has 2 aromatic carbocycles. The molecular formula is C21H19Cl2N3O3. The third-order valence-corrected chi connectivity index (χ3v) is 6.63. The molecule has 3 fully saturated rings. The van der Waals surface area contributed by atoms with Gasteiger partial charge in [-0.1, -0.05) is 47.5 Å². The molecule has 8 heteroatoms. The SMILES string of the molecule is COc1ccccc1[C@@H]1[C@@H]2C(=O)N(c3c(Cl)cccc3Cl)C(=O)[C@H]2N2CCCN12. The lowest BCUT2D eigenvalue weighted by Gasteiger charge is -2.30. The summed E-state index contributed by atoms with van der Waals surface area (Å²) in [4.78, 5) is 28.3. The largest absolute Gasteiger partial charge is 0.496 e. The Labute approximate surface area is 178 Å². The number of halogens is 2. The number of fused-ring (bicyclic) bond motifs is 3. The molecule has 3 saturated heterocycles. The summed E-state index contributed by atoms with van der Waals surface area (Å²) in [6.45, 7) is 1.53. The molecule has 0 unspecified atom stereocenters. The van der Waals surface area contributed by atoms with Crippen molar-refractivity contribution in [3.8, 4) is 5.75 Å². The van der Waals surface area contributed by atoms with E-state index in [0.29, 0.717) is 5.75 Å². The number of hydrogen-bond acceptors (Lipinski definition) is 5. The molecule has 2 aromatic rings. The first-order chi connectivity index (χ1) is 14.0. The summed E-state index contributed by atoms with van der Waals surface area (Å²) < 4.78 is 5.57. The van der Waals surface area contributed by atoms with E-state index in [0.717, 1.165) is 25.1 Å². The minimum atomic E-state index is -0.563. The predicted octanol–water partition coefficient (Wildman–Crippen LogP) is 3.54. The fourth-order valence-electron chi connectivity index (χ4n) is 4.92. The van der Waals surface area contributed by atoms with Crippen molar-refractivity contribution in [2.75, 3.05) is 25.1 Å². The fourth-order valence-corrected chi connectivity index (χ4v) is 5.49. The molecule has 6 nitrogen and oxygen atoms in total. The predicted molar refractivity (Wildman–Crippen MR) is 110 cm³/mol. The van der Waals surface area contributed by atoms with Crippen molar-refractivity contribution >= 4 is 40.7 Å². The number of hydrogen-bond donors (Lipinski definition) is 0. The molecule has 0 radical (unpaired) electrons. The van der Waals surface area contributed by atoms with E-state index in [9.17, 15) is 9.59 Å². The molecule has 5 rings (SSSR count). The minimum absolute atomic E-state index is 0.268. The normalized spacial score (nSPS) is 26.9. The second kappa shape index (κ2) is 6.99. The fraction of sp³-hybridized carbons (Fsp3) is 0.333. The number of benzene rings is 2. The molecule has 0 bridgehead atoms. The Morgan fingerprint density at radius 3 is 2.24 bits per heavy atom. The van der Waals surface area contributed by atoms with E-state index in [1.807, 2.05) is 29.3 Å². The molecule has 0 aromatic heterocycles. The van der Waals surface area contributed by atoms with Crippen LogP contribution in [0.3, 0.4) is 0 Å². The van der Waals surface area contributed by atoms with Gasteiger partial charge in [-0.15, -0.1) is 0 Å². The Bertz CT molecular complexity index is 994. The van der Waals surface area contributed by atoms with Crippen molar-refractivity contribution in [3.63, 3.8) is 0 Å². The van der Waals surface area contributed by atoms with Gasteiger partial charge in [-0.05, 0) is 24.6 Å². The zero-order chi connectivity index (χ0) is 20.3. The first-order valence-corrected chi connectivity index (χ1v) is 10.3. The van der Waals surface area contributed by atoms with Crippen LogP contribution in [0.15, 0.2) is 42.5 Å². The van der Waals surface area contributed by atoms with E-state index >= 15 is 0 Å². The first kappa shape index (κ1) is 18.9. The topological polar surface area (TPSA) is 53.1 Å². The highest BCUT2D eigenvalue weighted by Crippen LogP contribution is 2.51. The Balaban J connectivity index is 1.64. The van der Waals surface area contributed by atoms with E-state index in [1.54, 1.807) is 25.3 Å². The summed E-state index contributed by atoms with van der Waals surface area (Å²) in [5, 5.41) is 4.75. The van der Waals surface area contributed by atoms with Gasteiger partial charge in [-0.25, -0.2) is 14.9 Å². The Morgan fingerprint density at radius 1 is 0.897 bits per heavy atom. The van der Waals surface area contributed by atoms with Crippen LogP contribution in [0.25, 0.3) is 0 Å². The van der Waals surface area contributed by atoms with Crippen LogP contribution in [0.1, 0.15) is 18.0 Å². The number of carbonyl (C=O) groups is 2. The highest BCUT2D eigenvalue weighted by molar-refractivity contribution is 6.42. The molecule has 3 heterocycles. The van der Waals surface area contributed by atoms with Crippen molar-refractivity contribution in [1.82, 2.24) is 10.0 Å². The van der Waals surface area contributed by atoms with E-state index in [1.165, 1.54) is 4.90 Å². The van der Waals surface area contributed by atoms with Gasteiger partial charge < -0.3 is 4.74 Å². The summed E-state index contributed by atoms with van der Waals surface area (Å²) >= 11 is 12.7. The number of amides is 2. The monoisotopic (exact) mass is 431 g/mol. The Kier molecular flexibility index (Phi) is 4.55. The van der Waals surface area contributed by atoms with Crippen LogP contribution < -0.4 is 9.64 Å². The zero-order valence-electron chi connectivity index (χ0n) is 15.7. The van der Waals surface area contributed by atoms with Crippen LogP contribution in [-0.2, 0) is 9.59 Å². The van der Waals surface area contributed by atoms with Crippen LogP contribution in [0.5, 0.6) is 5.75 Å². The van der Waals surface area contributed by atoms with E-state index in [4.69, 9.17) is 27.9 Å². The number of ether oxygens (including phenoxy) is 1. The molecule has 29 heavy (non-hydrogen) atoms. The van der Waals surface area contributed by atoms with Gasteiger partial charge in [0.25, 0.3) is 5.91 Å². The molecule has 150 valence electrons. The smallest absolute Gasteiger partial charge is 0.253 e. The molecule has 3 aliphatic rings. The molecular weight excluding hydrogens is 413 g/mol. The quantitative estimate of drug-likeness (QED) is 0.695. The Hall–Kier alpha value is -2.12. The number of carbonyl (C=O) groups excluding carboxylic acids is 2. The summed E-state index contributed by atoms with van der Waals surface area (Å²) in [5.41, 5.74) is 1.17. The lowest BCUT2D eigenvalue weighted by molar-refractivity contribution is -0.126. The van der Waals surface area contributed by atoms with E-state index in [-0.39, 0.29) is 33.6 Å². The van der Waals surface area contributed by atoms with Crippen LogP contribution in [0.2, 0.25) is 10.0 Å². The molecule has 0 aliphatic carbocycles. The van der Waals surface area contributed by atoms with Crippen molar-refractivity contribution in [1.29, 1.82) is 0 Å². The maximum atomic E-state index is 13.6. The average molecular weight is 432 g/mol. The molecule has 2 amide bonds. The van der Waals surface area contributed by atoms with Crippen molar-refractivity contribution in [2.24, 2.45) is 5.92 Å². The molecule has 3 atom stereocenters. The highest BCUT2D eigenvalue weighted by atomic mass is 35.5. The van der Waals surface area contributed by atoms with Gasteiger partial charge in [-0.2, -0.15) is 0 Å². The maximum Gasteiger partial charge on any atom is 0.253 e. The molecule has 0 N–H and O–H groups in total. The molecule has 3 aliphatic heterocycles.